The number of anilines is 3. The van der Waals surface area contributed by atoms with Gasteiger partial charge in [0.05, 0.1) is 0 Å². The predicted molar refractivity (Wildman–Crippen MR) is 253 cm³/mol. The Kier molecular flexibility index (Phi) is 8.56. The van der Waals surface area contributed by atoms with E-state index >= 15 is 0 Å². The summed E-state index contributed by atoms with van der Waals surface area (Å²) in [6, 6.07) is 86.3. The highest BCUT2D eigenvalue weighted by atomic mass is 15.1. The Hall–Kier alpha value is -7.74. The van der Waals surface area contributed by atoms with Crippen molar-refractivity contribution in [2.75, 3.05) is 4.90 Å². The average molecular weight is 750 g/mol. The van der Waals surface area contributed by atoms with Gasteiger partial charge in [0.25, 0.3) is 0 Å². The van der Waals surface area contributed by atoms with E-state index in [1.807, 2.05) is 0 Å². The maximum atomic E-state index is 2.41. The van der Waals surface area contributed by atoms with Crippen molar-refractivity contribution < 1.29 is 0 Å². The van der Waals surface area contributed by atoms with Gasteiger partial charge in [-0.3, -0.25) is 0 Å². The minimum atomic E-state index is 1.09. The second-order valence-corrected chi connectivity index (χ2v) is 15.3. The summed E-state index contributed by atoms with van der Waals surface area (Å²) in [5.41, 5.74) is 12.9. The Morgan fingerprint density at radius 3 is 1.39 bits per heavy atom. The monoisotopic (exact) mass is 749 g/mol. The summed E-state index contributed by atoms with van der Waals surface area (Å²) in [6.07, 6.45) is 0. The first-order chi connectivity index (χ1) is 29.2. The Bertz CT molecular complexity index is 3290. The average Bonchev–Trinajstić information content (AvgIpc) is 3.32. The minimum absolute atomic E-state index is 1.09. The van der Waals surface area contributed by atoms with E-state index in [-0.39, 0.29) is 0 Å². The van der Waals surface area contributed by atoms with Crippen LogP contribution in [0.25, 0.3) is 87.6 Å². The fraction of sp³-hybridized carbons (Fsp3) is 0. The summed E-state index contributed by atoms with van der Waals surface area (Å²) in [4.78, 5) is 2.41. The number of rotatable bonds is 7. The van der Waals surface area contributed by atoms with Crippen LogP contribution in [0.2, 0.25) is 0 Å². The fourth-order valence-electron chi connectivity index (χ4n) is 8.84. The van der Waals surface area contributed by atoms with Crippen LogP contribution >= 0.6 is 0 Å². The summed E-state index contributed by atoms with van der Waals surface area (Å²) in [6.45, 7) is 0. The number of benzene rings is 11. The zero-order chi connectivity index (χ0) is 39.1. The SMILES string of the molecule is c1ccc(-c2ccc(-c3ccc(N(c4cccc(-c5ccccc5)c4)c4cc(-c5ccc6ccc7c8ccccc8ccc7c6c5)c5ccccc5c4)cc3)cc2)cc1. The van der Waals surface area contributed by atoms with Crippen LogP contribution in [0.3, 0.4) is 0 Å². The van der Waals surface area contributed by atoms with Gasteiger partial charge in [-0.1, -0.05) is 194 Å². The molecule has 1 heteroatoms. The molecule has 0 saturated heterocycles. The van der Waals surface area contributed by atoms with Crippen LogP contribution in [0.5, 0.6) is 0 Å². The Balaban J connectivity index is 1.06. The molecule has 11 rings (SSSR count). The van der Waals surface area contributed by atoms with Crippen LogP contribution in [0.4, 0.5) is 17.1 Å². The van der Waals surface area contributed by atoms with Gasteiger partial charge in [0.1, 0.15) is 0 Å². The van der Waals surface area contributed by atoms with E-state index in [9.17, 15) is 0 Å². The lowest BCUT2D eigenvalue weighted by atomic mass is 9.92. The minimum Gasteiger partial charge on any atom is -0.310 e. The van der Waals surface area contributed by atoms with Crippen LogP contribution < -0.4 is 4.90 Å². The lowest BCUT2D eigenvalue weighted by molar-refractivity contribution is 1.29. The lowest BCUT2D eigenvalue weighted by Gasteiger charge is -2.27. The van der Waals surface area contributed by atoms with E-state index < -0.39 is 0 Å². The molecule has 0 atom stereocenters. The first-order valence-electron chi connectivity index (χ1n) is 20.3. The molecule has 0 aliphatic carbocycles. The second kappa shape index (κ2) is 14.6. The molecule has 11 aromatic carbocycles. The van der Waals surface area contributed by atoms with E-state index in [1.165, 1.54) is 87.6 Å². The summed E-state index contributed by atoms with van der Waals surface area (Å²) in [7, 11) is 0. The molecular weight excluding hydrogens is 711 g/mol. The molecule has 0 saturated carbocycles. The van der Waals surface area contributed by atoms with Crippen molar-refractivity contribution in [3.8, 4) is 44.5 Å². The Labute approximate surface area is 344 Å². The van der Waals surface area contributed by atoms with Crippen molar-refractivity contribution in [2.45, 2.75) is 0 Å². The van der Waals surface area contributed by atoms with E-state index in [0.717, 1.165) is 17.1 Å². The van der Waals surface area contributed by atoms with Crippen molar-refractivity contribution in [3.05, 3.63) is 237 Å². The zero-order valence-corrected chi connectivity index (χ0v) is 32.5. The van der Waals surface area contributed by atoms with Crippen LogP contribution in [0.15, 0.2) is 237 Å². The normalized spacial score (nSPS) is 11.4. The molecule has 0 radical (unpaired) electrons. The molecule has 0 N–H and O–H groups in total. The third-order valence-electron chi connectivity index (χ3n) is 11.8. The molecule has 0 heterocycles. The quantitative estimate of drug-likeness (QED) is 0.147. The molecule has 0 bridgehead atoms. The van der Waals surface area contributed by atoms with Gasteiger partial charge >= 0.3 is 0 Å². The fourth-order valence-corrected chi connectivity index (χ4v) is 8.84. The molecule has 0 unspecified atom stereocenters. The Morgan fingerprint density at radius 2 is 0.695 bits per heavy atom. The molecule has 59 heavy (non-hydrogen) atoms. The van der Waals surface area contributed by atoms with Crippen LogP contribution in [0, 0.1) is 0 Å². The predicted octanol–water partition coefficient (Wildman–Crippen LogP) is 16.4. The van der Waals surface area contributed by atoms with Crippen molar-refractivity contribution >= 4 is 60.2 Å². The molecule has 0 fully saturated rings. The molecule has 1 nitrogen and oxygen atoms in total. The number of fused-ring (bicyclic) bond motifs is 6. The summed E-state index contributed by atoms with van der Waals surface area (Å²) < 4.78 is 0. The largest absolute Gasteiger partial charge is 0.310 e. The van der Waals surface area contributed by atoms with Crippen molar-refractivity contribution in [1.29, 1.82) is 0 Å². The zero-order valence-electron chi connectivity index (χ0n) is 32.5. The summed E-state index contributed by atoms with van der Waals surface area (Å²) in [5.74, 6) is 0. The summed E-state index contributed by atoms with van der Waals surface area (Å²) in [5, 5.41) is 10.0. The lowest BCUT2D eigenvalue weighted by Crippen LogP contribution is -2.10. The van der Waals surface area contributed by atoms with Crippen LogP contribution in [-0.2, 0) is 0 Å². The van der Waals surface area contributed by atoms with Crippen molar-refractivity contribution in [1.82, 2.24) is 0 Å². The topological polar surface area (TPSA) is 3.24 Å². The van der Waals surface area contributed by atoms with Gasteiger partial charge in [0, 0.05) is 17.1 Å². The van der Waals surface area contributed by atoms with Gasteiger partial charge in [0.15, 0.2) is 0 Å². The third-order valence-corrected chi connectivity index (χ3v) is 11.8. The molecule has 0 aromatic heterocycles. The van der Waals surface area contributed by atoms with Crippen molar-refractivity contribution in [2.24, 2.45) is 0 Å². The smallest absolute Gasteiger partial charge is 0.0474 e. The van der Waals surface area contributed by atoms with Crippen LogP contribution in [0.1, 0.15) is 0 Å². The van der Waals surface area contributed by atoms with Gasteiger partial charge in [-0.05, 0) is 130 Å². The Morgan fingerprint density at radius 1 is 0.203 bits per heavy atom. The van der Waals surface area contributed by atoms with Gasteiger partial charge < -0.3 is 4.90 Å². The molecule has 0 amide bonds. The standard InChI is InChI=1S/C58H39N/c1-3-12-40(13-4-1)42-22-24-43(25-23-42)44-28-32-50(33-29-44)59(51-19-11-18-47(36-51)41-14-5-2-6-15-41)52-37-48-17-8-10-21-54(48)58(39-52)49-27-26-46-31-34-55-53-20-9-7-16-45(53)30-35-56(55)57(46)38-49/h1-39H. The van der Waals surface area contributed by atoms with E-state index in [0.29, 0.717) is 0 Å². The van der Waals surface area contributed by atoms with Gasteiger partial charge in [-0.25, -0.2) is 0 Å². The van der Waals surface area contributed by atoms with Crippen LogP contribution in [-0.4, -0.2) is 0 Å². The molecule has 0 aliphatic heterocycles. The third kappa shape index (κ3) is 6.40. The van der Waals surface area contributed by atoms with Gasteiger partial charge in [0.2, 0.25) is 0 Å². The van der Waals surface area contributed by atoms with E-state index in [4.69, 9.17) is 0 Å². The maximum Gasteiger partial charge on any atom is 0.0474 e. The maximum absolute atomic E-state index is 2.41. The second-order valence-electron chi connectivity index (χ2n) is 15.3. The molecule has 11 aromatic rings. The molecule has 276 valence electrons. The van der Waals surface area contributed by atoms with Gasteiger partial charge in [-0.2, -0.15) is 0 Å². The highest BCUT2D eigenvalue weighted by Crippen LogP contribution is 2.43. The van der Waals surface area contributed by atoms with E-state index in [2.05, 4.69) is 241 Å². The number of hydrogen-bond acceptors (Lipinski definition) is 1. The summed E-state index contributed by atoms with van der Waals surface area (Å²) >= 11 is 0. The first kappa shape index (κ1) is 34.5. The highest BCUT2D eigenvalue weighted by Gasteiger charge is 2.18. The molecule has 0 aliphatic rings. The highest BCUT2D eigenvalue weighted by molar-refractivity contribution is 6.18. The molecular formula is C58H39N. The van der Waals surface area contributed by atoms with Crippen molar-refractivity contribution in [3.63, 3.8) is 0 Å². The first-order valence-corrected chi connectivity index (χ1v) is 20.3. The van der Waals surface area contributed by atoms with Gasteiger partial charge in [-0.15, -0.1) is 0 Å². The molecule has 0 spiro atoms. The number of hydrogen-bond donors (Lipinski definition) is 0. The van der Waals surface area contributed by atoms with E-state index in [1.54, 1.807) is 0 Å². The number of nitrogens with zero attached hydrogens (tertiary/aromatic N) is 1.